The molecule has 1 unspecified atom stereocenters. The van der Waals surface area contributed by atoms with Gasteiger partial charge in [-0.2, -0.15) is 0 Å². The first-order chi connectivity index (χ1) is 5.29. The Kier molecular flexibility index (Phi) is 1.60. The molecule has 1 heterocycles. The molecule has 1 aliphatic carbocycles. The Morgan fingerprint density at radius 3 is 2.73 bits per heavy atom. The fourth-order valence-electron chi connectivity index (χ4n) is 1.47. The number of nitrogens with zero attached hydrogens (tertiary/aromatic N) is 1. The van der Waals surface area contributed by atoms with E-state index in [4.69, 9.17) is 0 Å². The smallest absolute Gasteiger partial charge is 0.231 e. The maximum absolute atomic E-state index is 11.3. The fourth-order valence-corrected chi connectivity index (χ4v) is 1.47. The monoisotopic (exact) mass is 154 g/mol. The van der Waals surface area contributed by atoms with Gasteiger partial charge < -0.3 is 10.0 Å². The Morgan fingerprint density at radius 2 is 2.27 bits per heavy atom. The van der Waals surface area contributed by atoms with Crippen molar-refractivity contribution in [2.45, 2.75) is 31.9 Å². The Balaban J connectivity index is 1.96. The van der Waals surface area contributed by atoms with Gasteiger partial charge in [-0.15, -0.1) is 0 Å². The first-order valence-corrected chi connectivity index (χ1v) is 4.13. The number of aliphatic hydroxyl groups is 1. The molecule has 2 rings (SSSR count). The summed E-state index contributed by atoms with van der Waals surface area (Å²) < 4.78 is 0. The van der Waals surface area contributed by atoms with Crippen molar-refractivity contribution < 1.29 is 9.90 Å². The van der Waals surface area contributed by atoms with Crippen LogP contribution in [0.1, 0.15) is 25.7 Å². The largest absolute Gasteiger partial charge is 0.374 e. The van der Waals surface area contributed by atoms with E-state index in [0.717, 1.165) is 38.1 Å². The Morgan fingerprint density at radius 1 is 1.55 bits per heavy atom. The molecule has 1 saturated heterocycles. The summed E-state index contributed by atoms with van der Waals surface area (Å²) >= 11 is 0. The summed E-state index contributed by atoms with van der Waals surface area (Å²) in [5.74, 6) is 1.08. The Labute approximate surface area is 66.0 Å². The van der Waals surface area contributed by atoms with Gasteiger partial charge in [0.05, 0.1) is 5.92 Å². The van der Waals surface area contributed by atoms with Crippen LogP contribution in [0.2, 0.25) is 0 Å². The van der Waals surface area contributed by atoms with Crippen molar-refractivity contribution in [3.05, 3.63) is 5.92 Å². The zero-order valence-electron chi connectivity index (χ0n) is 6.42. The van der Waals surface area contributed by atoms with Crippen LogP contribution in [-0.2, 0) is 4.79 Å². The number of hydrogen-bond donors (Lipinski definition) is 1. The highest BCUT2D eigenvalue weighted by atomic mass is 16.3. The number of hydrogen-bond acceptors (Lipinski definition) is 2. The van der Waals surface area contributed by atoms with Crippen LogP contribution in [-0.4, -0.2) is 28.7 Å². The molecule has 0 aromatic rings. The molecule has 1 aliphatic heterocycles. The van der Waals surface area contributed by atoms with Crippen molar-refractivity contribution in [1.82, 2.24) is 4.90 Å². The lowest BCUT2D eigenvalue weighted by Crippen LogP contribution is -2.35. The van der Waals surface area contributed by atoms with Gasteiger partial charge in [-0.25, -0.2) is 0 Å². The lowest BCUT2D eigenvalue weighted by molar-refractivity contribution is -0.134. The third kappa shape index (κ3) is 1.25. The molecule has 0 bridgehead atoms. The molecule has 0 spiro atoms. The summed E-state index contributed by atoms with van der Waals surface area (Å²) in [6.45, 7) is 0.740. The number of likely N-dealkylation sites (tertiary alicyclic amines) is 1. The minimum Gasteiger partial charge on any atom is -0.374 e. The van der Waals surface area contributed by atoms with Crippen molar-refractivity contribution in [3.63, 3.8) is 0 Å². The van der Waals surface area contributed by atoms with E-state index in [9.17, 15) is 9.90 Å². The Bertz CT molecular complexity index is 177. The van der Waals surface area contributed by atoms with Crippen LogP contribution >= 0.6 is 0 Å². The van der Waals surface area contributed by atoms with Gasteiger partial charge in [0.1, 0.15) is 6.23 Å². The molecule has 2 fully saturated rings. The summed E-state index contributed by atoms with van der Waals surface area (Å²) in [7, 11) is 0. The fraction of sp³-hybridized carbons (Fsp3) is 0.750. The van der Waals surface area contributed by atoms with E-state index in [1.807, 2.05) is 0 Å². The number of aliphatic hydroxyl groups excluding tert-OH is 1. The van der Waals surface area contributed by atoms with Crippen LogP contribution in [0, 0.1) is 5.92 Å². The molecule has 11 heavy (non-hydrogen) atoms. The van der Waals surface area contributed by atoms with Crippen LogP contribution < -0.4 is 0 Å². The van der Waals surface area contributed by atoms with Gasteiger partial charge in [-0.3, -0.25) is 4.79 Å². The van der Waals surface area contributed by atoms with Crippen molar-refractivity contribution in [2.75, 3.05) is 6.54 Å². The van der Waals surface area contributed by atoms with E-state index in [2.05, 4.69) is 0 Å². The quantitative estimate of drug-likeness (QED) is 0.590. The van der Waals surface area contributed by atoms with Crippen molar-refractivity contribution in [3.8, 4) is 0 Å². The first-order valence-electron chi connectivity index (χ1n) is 4.13. The molecule has 2 aliphatic rings. The van der Waals surface area contributed by atoms with E-state index in [1.165, 1.54) is 0 Å². The number of amides is 1. The van der Waals surface area contributed by atoms with E-state index in [-0.39, 0.29) is 5.91 Å². The maximum atomic E-state index is 11.3. The average molecular weight is 154 g/mol. The second-order valence-electron chi connectivity index (χ2n) is 3.22. The lowest BCUT2D eigenvalue weighted by atomic mass is 10.3. The number of rotatable bonds is 1. The molecule has 1 radical (unpaired) electrons. The third-order valence-corrected chi connectivity index (χ3v) is 2.28. The summed E-state index contributed by atoms with van der Waals surface area (Å²) in [4.78, 5) is 12.9. The minimum atomic E-state index is -0.504. The van der Waals surface area contributed by atoms with Gasteiger partial charge in [-0.05, 0) is 25.7 Å². The highest BCUT2D eigenvalue weighted by molar-refractivity contribution is 5.93. The molecule has 0 aromatic heterocycles. The standard InChI is InChI=1S/C8H12NO2/c10-7-2-1-5-9(7)8(11)6-3-4-6/h7,10H,1-5H2. The van der Waals surface area contributed by atoms with Crippen LogP contribution in [0.25, 0.3) is 0 Å². The summed E-state index contributed by atoms with van der Waals surface area (Å²) in [5, 5.41) is 9.33. The molecule has 3 heteroatoms. The average Bonchev–Trinajstić information content (AvgIpc) is 2.74. The molecule has 1 N–H and O–H groups in total. The summed E-state index contributed by atoms with van der Waals surface area (Å²) in [5.41, 5.74) is 0. The van der Waals surface area contributed by atoms with Gasteiger partial charge in [0.2, 0.25) is 5.91 Å². The predicted octanol–water partition coefficient (Wildman–Crippen LogP) is 0.295. The summed E-state index contributed by atoms with van der Waals surface area (Å²) in [6.07, 6.45) is 3.08. The topological polar surface area (TPSA) is 40.5 Å². The Hall–Kier alpha value is -0.570. The van der Waals surface area contributed by atoms with E-state index in [1.54, 1.807) is 4.90 Å². The van der Waals surface area contributed by atoms with Crippen molar-refractivity contribution in [1.29, 1.82) is 0 Å². The predicted molar refractivity (Wildman–Crippen MR) is 39.4 cm³/mol. The van der Waals surface area contributed by atoms with Crippen molar-refractivity contribution in [2.24, 2.45) is 0 Å². The SMILES string of the molecule is O=C([C]1CC1)N1CCCC1O. The zero-order valence-corrected chi connectivity index (χ0v) is 6.42. The zero-order chi connectivity index (χ0) is 7.84. The molecule has 61 valence electrons. The van der Waals surface area contributed by atoms with E-state index >= 15 is 0 Å². The molecular formula is C8H12NO2. The normalized spacial score (nSPS) is 31.0. The van der Waals surface area contributed by atoms with E-state index < -0.39 is 6.23 Å². The highest BCUT2D eigenvalue weighted by Gasteiger charge is 2.38. The number of carbonyl (C=O) groups excluding carboxylic acids is 1. The lowest BCUT2D eigenvalue weighted by Gasteiger charge is -2.19. The highest BCUT2D eigenvalue weighted by Crippen LogP contribution is 2.35. The molecule has 1 amide bonds. The van der Waals surface area contributed by atoms with Crippen LogP contribution in [0.4, 0.5) is 0 Å². The van der Waals surface area contributed by atoms with Gasteiger partial charge in [0.25, 0.3) is 0 Å². The number of carbonyl (C=O) groups is 1. The van der Waals surface area contributed by atoms with E-state index in [0.29, 0.717) is 0 Å². The van der Waals surface area contributed by atoms with Crippen LogP contribution in [0.5, 0.6) is 0 Å². The van der Waals surface area contributed by atoms with Gasteiger partial charge in [0.15, 0.2) is 0 Å². The molecular weight excluding hydrogens is 142 g/mol. The maximum Gasteiger partial charge on any atom is 0.231 e. The van der Waals surface area contributed by atoms with Crippen LogP contribution in [0.3, 0.4) is 0 Å². The van der Waals surface area contributed by atoms with Crippen LogP contribution in [0.15, 0.2) is 0 Å². The van der Waals surface area contributed by atoms with Gasteiger partial charge >= 0.3 is 0 Å². The van der Waals surface area contributed by atoms with Crippen molar-refractivity contribution >= 4 is 5.91 Å². The first kappa shape index (κ1) is 7.10. The molecule has 1 saturated carbocycles. The second-order valence-corrected chi connectivity index (χ2v) is 3.22. The molecule has 3 nitrogen and oxygen atoms in total. The third-order valence-electron chi connectivity index (χ3n) is 2.28. The minimum absolute atomic E-state index is 0.0926. The summed E-state index contributed by atoms with van der Waals surface area (Å²) in [6, 6.07) is 0. The molecule has 0 aromatic carbocycles. The second kappa shape index (κ2) is 2.48. The van der Waals surface area contributed by atoms with Gasteiger partial charge in [0, 0.05) is 6.54 Å². The molecule has 1 atom stereocenters. The van der Waals surface area contributed by atoms with Gasteiger partial charge in [-0.1, -0.05) is 0 Å².